The molecule has 0 unspecified atom stereocenters. The molecule has 0 fully saturated rings. The fourth-order valence-corrected chi connectivity index (χ4v) is 3.60. The molecule has 1 atom stereocenters. The van der Waals surface area contributed by atoms with Crippen LogP contribution in [0.3, 0.4) is 0 Å². The van der Waals surface area contributed by atoms with Gasteiger partial charge in [0.15, 0.2) is 5.65 Å². The summed E-state index contributed by atoms with van der Waals surface area (Å²) >= 11 is 0. The number of nitrogens with two attached hydrogens (primary N) is 1. The first-order valence-corrected chi connectivity index (χ1v) is 10.5. The van der Waals surface area contributed by atoms with Gasteiger partial charge in [-0.1, -0.05) is 12.1 Å². The number of carbonyl (C=O) groups is 2. The Hall–Kier alpha value is -3.98. The van der Waals surface area contributed by atoms with Crippen molar-refractivity contribution in [1.82, 2.24) is 14.5 Å². The summed E-state index contributed by atoms with van der Waals surface area (Å²) in [6, 6.07) is 14.0. The van der Waals surface area contributed by atoms with E-state index in [4.69, 9.17) is 24.9 Å². The topological polar surface area (TPSA) is 119 Å². The highest BCUT2D eigenvalue weighted by Gasteiger charge is 2.27. The summed E-state index contributed by atoms with van der Waals surface area (Å²) in [5.74, 6) is -0.899. The van der Waals surface area contributed by atoms with Crippen LogP contribution in [0, 0.1) is 0 Å². The van der Waals surface area contributed by atoms with Crippen LogP contribution in [0.1, 0.15) is 34.6 Å². The van der Waals surface area contributed by atoms with E-state index < -0.39 is 18.0 Å². The minimum atomic E-state index is -0.617. The lowest BCUT2D eigenvalue weighted by molar-refractivity contribution is 0.0123. The third-order valence-corrected chi connectivity index (χ3v) is 5.05. The number of fused-ring (bicyclic) bond motifs is 2. The number of rotatable bonds is 7. The maximum Gasteiger partial charge on any atom is 0.344 e. The molecule has 0 amide bonds. The summed E-state index contributed by atoms with van der Waals surface area (Å²) in [4.78, 5) is 34.5. The van der Waals surface area contributed by atoms with E-state index in [0.29, 0.717) is 33.4 Å². The van der Waals surface area contributed by atoms with Gasteiger partial charge in [-0.3, -0.25) is 4.57 Å². The van der Waals surface area contributed by atoms with Gasteiger partial charge in [0.1, 0.15) is 23.0 Å². The number of aromatic nitrogens is 3. The summed E-state index contributed by atoms with van der Waals surface area (Å²) in [6.45, 7) is 4.00. The maximum atomic E-state index is 13.1. The zero-order valence-electron chi connectivity index (χ0n) is 18.6. The van der Waals surface area contributed by atoms with Crippen molar-refractivity contribution in [2.45, 2.75) is 20.0 Å². The number of methoxy groups -OCH3 is 1. The first-order valence-electron chi connectivity index (χ1n) is 10.5. The number of nitrogens with zero attached hydrogens (tertiary/aromatic N) is 3. The molecule has 0 aliphatic rings. The Labute approximate surface area is 190 Å². The summed E-state index contributed by atoms with van der Waals surface area (Å²) < 4.78 is 17.2. The van der Waals surface area contributed by atoms with Crippen LogP contribution in [-0.2, 0) is 14.2 Å². The molecule has 0 saturated heterocycles. The third kappa shape index (κ3) is 4.22. The maximum absolute atomic E-state index is 13.1. The van der Waals surface area contributed by atoms with Crippen LogP contribution < -0.4 is 5.73 Å². The van der Waals surface area contributed by atoms with Gasteiger partial charge >= 0.3 is 11.9 Å². The van der Waals surface area contributed by atoms with E-state index in [9.17, 15) is 9.59 Å². The van der Waals surface area contributed by atoms with Gasteiger partial charge < -0.3 is 19.9 Å². The first-order chi connectivity index (χ1) is 15.9. The highest BCUT2D eigenvalue weighted by molar-refractivity contribution is 6.09. The van der Waals surface area contributed by atoms with Crippen LogP contribution in [-0.4, -0.2) is 52.9 Å². The summed E-state index contributed by atoms with van der Waals surface area (Å²) in [7, 11) is 1.53. The number of esters is 2. The van der Waals surface area contributed by atoms with E-state index >= 15 is 0 Å². The number of anilines is 1. The van der Waals surface area contributed by atoms with Gasteiger partial charge in [0, 0.05) is 12.8 Å². The predicted molar refractivity (Wildman–Crippen MR) is 123 cm³/mol. The van der Waals surface area contributed by atoms with Crippen LogP contribution in [0.2, 0.25) is 0 Å². The van der Waals surface area contributed by atoms with Gasteiger partial charge in [0.2, 0.25) is 0 Å². The molecule has 2 N–H and O–H groups in total. The second kappa shape index (κ2) is 9.25. The molecule has 4 rings (SSSR count). The van der Waals surface area contributed by atoms with E-state index in [0.717, 1.165) is 0 Å². The molecule has 2 aromatic carbocycles. The minimum Gasteiger partial charge on any atom is -0.462 e. The number of carbonyl (C=O) groups excluding carboxylic acids is 2. The molecule has 170 valence electrons. The molecule has 0 saturated carbocycles. The van der Waals surface area contributed by atoms with Gasteiger partial charge in [0.25, 0.3) is 0 Å². The number of para-hydroxylation sites is 2. The molecule has 2 aromatic heterocycles. The lowest BCUT2D eigenvalue weighted by Gasteiger charge is -2.12. The quantitative estimate of drug-likeness (QED) is 0.427. The van der Waals surface area contributed by atoms with E-state index in [1.54, 1.807) is 42.7 Å². The molecule has 0 spiro atoms. The second-order valence-electron chi connectivity index (χ2n) is 7.42. The molecule has 9 heteroatoms. The molecule has 4 aromatic rings. The summed E-state index contributed by atoms with van der Waals surface area (Å²) in [6.07, 6.45) is -0.474. The van der Waals surface area contributed by atoms with Crippen LogP contribution >= 0.6 is 0 Å². The van der Waals surface area contributed by atoms with Gasteiger partial charge in [-0.05, 0) is 50.2 Å². The highest BCUT2D eigenvalue weighted by Crippen LogP contribution is 2.32. The van der Waals surface area contributed by atoms with Crippen molar-refractivity contribution in [3.8, 4) is 5.69 Å². The van der Waals surface area contributed by atoms with Crippen molar-refractivity contribution >= 4 is 40.0 Å². The number of ether oxygens (including phenoxy) is 3. The first kappa shape index (κ1) is 22.2. The standard InChI is InChI=1S/C24H24N4O5/c1-4-32-23(29)15-9-11-16(12-10-15)28-21(25)19(24(30)33-14(2)13-31-3)20-22(28)27-18-8-6-5-7-17(18)26-20/h5-12,14H,4,13,25H2,1-3H3/t14-/m1/s1. The molecule has 9 nitrogen and oxygen atoms in total. The van der Waals surface area contributed by atoms with E-state index in [2.05, 4.69) is 4.98 Å². The second-order valence-corrected chi connectivity index (χ2v) is 7.42. The van der Waals surface area contributed by atoms with E-state index in [1.807, 2.05) is 24.3 Å². The van der Waals surface area contributed by atoms with Crippen molar-refractivity contribution in [3.05, 3.63) is 59.7 Å². The van der Waals surface area contributed by atoms with Crippen LogP contribution in [0.4, 0.5) is 5.82 Å². The SMILES string of the molecule is CCOC(=O)c1ccc(-n2c(N)c(C(=O)O[C@H](C)COC)c3nc4ccccc4nc32)cc1. The lowest BCUT2D eigenvalue weighted by Crippen LogP contribution is -2.20. The molecule has 0 bridgehead atoms. The normalized spacial score (nSPS) is 12.1. The van der Waals surface area contributed by atoms with Crippen molar-refractivity contribution in [2.24, 2.45) is 0 Å². The van der Waals surface area contributed by atoms with Gasteiger partial charge in [-0.25, -0.2) is 19.6 Å². The monoisotopic (exact) mass is 448 g/mol. The Morgan fingerprint density at radius 2 is 1.70 bits per heavy atom. The molecule has 33 heavy (non-hydrogen) atoms. The van der Waals surface area contributed by atoms with Crippen LogP contribution in [0.15, 0.2) is 48.5 Å². The molecule has 2 heterocycles. The molecule has 0 aliphatic heterocycles. The van der Waals surface area contributed by atoms with Crippen molar-refractivity contribution in [1.29, 1.82) is 0 Å². The van der Waals surface area contributed by atoms with Crippen LogP contribution in [0.5, 0.6) is 0 Å². The number of nitrogen functional groups attached to an aromatic ring is 1. The average molecular weight is 448 g/mol. The third-order valence-electron chi connectivity index (χ3n) is 5.05. The molecular formula is C24H24N4O5. The van der Waals surface area contributed by atoms with Gasteiger partial charge in [0.05, 0.1) is 29.8 Å². The molecular weight excluding hydrogens is 424 g/mol. The van der Waals surface area contributed by atoms with Crippen molar-refractivity contribution in [2.75, 3.05) is 26.1 Å². The highest BCUT2D eigenvalue weighted by atomic mass is 16.6. The Balaban J connectivity index is 1.88. The predicted octanol–water partition coefficient (Wildman–Crippen LogP) is 3.52. The smallest absolute Gasteiger partial charge is 0.344 e. The Kier molecular flexibility index (Phi) is 6.23. The number of hydrogen-bond donors (Lipinski definition) is 1. The minimum absolute atomic E-state index is 0.126. The number of hydrogen-bond acceptors (Lipinski definition) is 8. The Bertz CT molecular complexity index is 1330. The Morgan fingerprint density at radius 1 is 1.03 bits per heavy atom. The zero-order valence-corrected chi connectivity index (χ0v) is 18.6. The Morgan fingerprint density at radius 3 is 2.33 bits per heavy atom. The van der Waals surface area contributed by atoms with Gasteiger partial charge in [-0.2, -0.15) is 0 Å². The lowest BCUT2D eigenvalue weighted by atomic mass is 10.2. The largest absolute Gasteiger partial charge is 0.462 e. The molecule has 0 aliphatic carbocycles. The number of benzene rings is 2. The van der Waals surface area contributed by atoms with Crippen LogP contribution in [0.25, 0.3) is 27.9 Å². The van der Waals surface area contributed by atoms with E-state index in [1.165, 1.54) is 7.11 Å². The zero-order chi connectivity index (χ0) is 23.5. The summed E-state index contributed by atoms with van der Waals surface area (Å²) in [5, 5.41) is 0. The average Bonchev–Trinajstić information content (AvgIpc) is 3.08. The van der Waals surface area contributed by atoms with E-state index in [-0.39, 0.29) is 24.6 Å². The van der Waals surface area contributed by atoms with Crippen molar-refractivity contribution < 1.29 is 23.8 Å². The molecule has 0 radical (unpaired) electrons. The van der Waals surface area contributed by atoms with Crippen molar-refractivity contribution in [3.63, 3.8) is 0 Å². The fraction of sp³-hybridized carbons (Fsp3) is 0.250. The van der Waals surface area contributed by atoms with Gasteiger partial charge in [-0.15, -0.1) is 0 Å². The fourth-order valence-electron chi connectivity index (χ4n) is 3.60. The summed E-state index contributed by atoms with van der Waals surface area (Å²) in [5.41, 5.74) is 9.61.